The van der Waals surface area contributed by atoms with Crippen molar-refractivity contribution in [2.24, 2.45) is 5.73 Å². The van der Waals surface area contributed by atoms with Gasteiger partial charge in [0.15, 0.2) is 0 Å². The Bertz CT molecular complexity index is 302. The van der Waals surface area contributed by atoms with E-state index in [0.717, 1.165) is 30.7 Å². The van der Waals surface area contributed by atoms with Gasteiger partial charge in [-0.1, -0.05) is 12.1 Å². The molecule has 3 nitrogen and oxygen atoms in total. The smallest absolute Gasteiger partial charge is 0.133 e. The highest BCUT2D eigenvalue weighted by Gasteiger charge is 2.39. The van der Waals surface area contributed by atoms with Gasteiger partial charge in [0, 0.05) is 17.5 Å². The Morgan fingerprint density at radius 1 is 1.69 bits per heavy atom. The first-order valence-corrected chi connectivity index (χ1v) is 4.81. The van der Waals surface area contributed by atoms with Gasteiger partial charge >= 0.3 is 0 Å². The number of hydrogen-bond donors (Lipinski definition) is 1. The quantitative estimate of drug-likeness (QED) is 0.773. The van der Waals surface area contributed by atoms with Crippen LogP contribution in [0.25, 0.3) is 0 Å². The molecule has 1 aromatic rings. The van der Waals surface area contributed by atoms with E-state index in [-0.39, 0.29) is 5.54 Å². The van der Waals surface area contributed by atoms with E-state index < -0.39 is 0 Å². The van der Waals surface area contributed by atoms with E-state index >= 15 is 0 Å². The lowest BCUT2D eigenvalue weighted by Gasteiger charge is -2.12. The zero-order valence-corrected chi connectivity index (χ0v) is 8.21. The van der Waals surface area contributed by atoms with Crippen LogP contribution < -0.4 is 5.73 Å². The Morgan fingerprint density at radius 3 is 2.85 bits per heavy atom. The van der Waals surface area contributed by atoms with E-state index in [1.54, 1.807) is 0 Å². The number of aryl methyl sites for hydroxylation is 1. The molecule has 1 heterocycles. The van der Waals surface area contributed by atoms with E-state index in [1.165, 1.54) is 0 Å². The van der Waals surface area contributed by atoms with Crippen molar-refractivity contribution < 1.29 is 4.52 Å². The molecule has 0 amide bonds. The Morgan fingerprint density at radius 2 is 2.38 bits per heavy atom. The van der Waals surface area contributed by atoms with E-state index in [9.17, 15) is 0 Å². The molecule has 0 bridgehead atoms. The lowest BCUT2D eigenvalue weighted by molar-refractivity contribution is 0.382. The fraction of sp³-hybridized carbons (Fsp3) is 0.700. The maximum absolute atomic E-state index is 6.03. The van der Waals surface area contributed by atoms with Crippen LogP contribution in [-0.2, 0) is 0 Å². The van der Waals surface area contributed by atoms with Crippen LogP contribution in [0.3, 0.4) is 0 Å². The normalized spacial score (nSPS) is 21.5. The van der Waals surface area contributed by atoms with Gasteiger partial charge in [-0.2, -0.15) is 0 Å². The fourth-order valence-electron chi connectivity index (χ4n) is 1.70. The summed E-state index contributed by atoms with van der Waals surface area (Å²) in [5, 5.41) is 4.00. The molecule has 13 heavy (non-hydrogen) atoms. The van der Waals surface area contributed by atoms with Gasteiger partial charge in [-0.3, -0.25) is 0 Å². The summed E-state index contributed by atoms with van der Waals surface area (Å²) in [6.45, 7) is 4.07. The highest BCUT2D eigenvalue weighted by molar-refractivity contribution is 5.12. The van der Waals surface area contributed by atoms with Crippen LogP contribution in [0, 0.1) is 6.92 Å². The Hall–Kier alpha value is -0.830. The first-order chi connectivity index (χ1) is 6.09. The number of hydrogen-bond acceptors (Lipinski definition) is 3. The highest BCUT2D eigenvalue weighted by atomic mass is 16.5. The van der Waals surface area contributed by atoms with Crippen LogP contribution in [0.1, 0.15) is 43.6 Å². The minimum atomic E-state index is 0.103. The minimum Gasteiger partial charge on any atom is -0.361 e. The summed E-state index contributed by atoms with van der Waals surface area (Å²) in [4.78, 5) is 0. The molecule has 1 unspecified atom stereocenters. The van der Waals surface area contributed by atoms with Gasteiger partial charge in [-0.05, 0) is 26.2 Å². The van der Waals surface area contributed by atoms with Crippen LogP contribution in [0.4, 0.5) is 0 Å². The second-order valence-corrected chi connectivity index (χ2v) is 4.33. The van der Waals surface area contributed by atoms with Gasteiger partial charge < -0.3 is 10.3 Å². The van der Waals surface area contributed by atoms with Crippen molar-refractivity contribution in [3.8, 4) is 0 Å². The molecule has 0 radical (unpaired) electrons. The number of rotatable bonds is 3. The third-order valence-corrected chi connectivity index (χ3v) is 2.76. The molecule has 1 aromatic heterocycles. The van der Waals surface area contributed by atoms with Crippen LogP contribution in [0.2, 0.25) is 0 Å². The summed E-state index contributed by atoms with van der Waals surface area (Å²) < 4.78 is 5.03. The number of nitrogens with zero attached hydrogens (tertiary/aromatic N) is 1. The van der Waals surface area contributed by atoms with Crippen LogP contribution >= 0.6 is 0 Å². The van der Waals surface area contributed by atoms with Crippen molar-refractivity contribution in [2.75, 3.05) is 0 Å². The average Bonchev–Trinajstić information content (AvgIpc) is 2.62. The van der Waals surface area contributed by atoms with E-state index in [0.29, 0.717) is 5.92 Å². The van der Waals surface area contributed by atoms with Gasteiger partial charge in [-0.15, -0.1) is 0 Å². The van der Waals surface area contributed by atoms with Crippen LogP contribution in [0.15, 0.2) is 10.6 Å². The van der Waals surface area contributed by atoms with Gasteiger partial charge in [0.1, 0.15) is 5.76 Å². The van der Waals surface area contributed by atoms with Crippen molar-refractivity contribution >= 4 is 0 Å². The van der Waals surface area contributed by atoms with E-state index in [1.807, 2.05) is 13.0 Å². The Kier molecular flexibility index (Phi) is 1.91. The van der Waals surface area contributed by atoms with Gasteiger partial charge in [-0.25, -0.2) is 0 Å². The third-order valence-electron chi connectivity index (χ3n) is 2.76. The summed E-state index contributed by atoms with van der Waals surface area (Å²) in [5.74, 6) is 1.30. The molecule has 72 valence electrons. The molecule has 0 spiro atoms. The topological polar surface area (TPSA) is 52.0 Å². The molecular formula is C10H16N2O. The molecule has 3 heteroatoms. The van der Waals surface area contributed by atoms with Crippen molar-refractivity contribution in [3.63, 3.8) is 0 Å². The lowest BCUT2D eigenvalue weighted by Crippen LogP contribution is -2.23. The van der Waals surface area contributed by atoms with Crippen molar-refractivity contribution in [2.45, 2.75) is 44.6 Å². The molecule has 0 saturated heterocycles. The van der Waals surface area contributed by atoms with Gasteiger partial charge in [0.05, 0.1) is 5.69 Å². The first kappa shape index (κ1) is 8.75. The van der Waals surface area contributed by atoms with E-state index in [4.69, 9.17) is 10.3 Å². The van der Waals surface area contributed by atoms with Crippen LogP contribution in [-0.4, -0.2) is 10.7 Å². The molecule has 0 aliphatic heterocycles. The maximum Gasteiger partial charge on any atom is 0.133 e. The molecule has 1 aliphatic rings. The first-order valence-electron chi connectivity index (χ1n) is 4.81. The Balaban J connectivity index is 2.00. The lowest BCUT2D eigenvalue weighted by atomic mass is 9.97. The number of nitrogens with two attached hydrogens (primary N) is 1. The highest BCUT2D eigenvalue weighted by Crippen LogP contribution is 2.40. The predicted octanol–water partition coefficient (Wildman–Crippen LogP) is 1.97. The molecule has 1 atom stereocenters. The summed E-state index contributed by atoms with van der Waals surface area (Å²) in [6, 6.07) is 2.00. The molecule has 1 saturated carbocycles. The predicted molar refractivity (Wildman–Crippen MR) is 50.4 cm³/mol. The molecule has 1 fully saturated rings. The summed E-state index contributed by atoms with van der Waals surface area (Å²) in [6.07, 6.45) is 3.35. The largest absolute Gasteiger partial charge is 0.361 e. The van der Waals surface area contributed by atoms with E-state index in [2.05, 4.69) is 12.1 Å². The third kappa shape index (κ3) is 1.91. The standard InChI is InChI=1S/C10H16N2O/c1-7(6-10(11)3-4-10)9-5-8(2)13-12-9/h5,7H,3-4,6,11H2,1-2H3. The van der Waals surface area contributed by atoms with Crippen molar-refractivity contribution in [1.82, 2.24) is 5.16 Å². The molecular weight excluding hydrogens is 164 g/mol. The Labute approximate surface area is 78.3 Å². The molecule has 0 aromatic carbocycles. The fourth-order valence-corrected chi connectivity index (χ4v) is 1.70. The molecule has 2 N–H and O–H groups in total. The second kappa shape index (κ2) is 2.84. The zero-order chi connectivity index (χ0) is 9.47. The van der Waals surface area contributed by atoms with Gasteiger partial charge in [0.25, 0.3) is 0 Å². The minimum absolute atomic E-state index is 0.103. The average molecular weight is 180 g/mol. The number of aromatic nitrogens is 1. The zero-order valence-electron chi connectivity index (χ0n) is 8.21. The summed E-state index contributed by atoms with van der Waals surface area (Å²) in [5.41, 5.74) is 7.17. The summed E-state index contributed by atoms with van der Waals surface area (Å²) >= 11 is 0. The second-order valence-electron chi connectivity index (χ2n) is 4.33. The summed E-state index contributed by atoms with van der Waals surface area (Å²) in [7, 11) is 0. The molecule has 1 aliphatic carbocycles. The SMILES string of the molecule is Cc1cc(C(C)CC2(N)CC2)no1. The van der Waals surface area contributed by atoms with Crippen molar-refractivity contribution in [3.05, 3.63) is 17.5 Å². The van der Waals surface area contributed by atoms with Gasteiger partial charge in [0.2, 0.25) is 0 Å². The monoisotopic (exact) mass is 180 g/mol. The maximum atomic E-state index is 6.03. The van der Waals surface area contributed by atoms with Crippen molar-refractivity contribution in [1.29, 1.82) is 0 Å². The molecule has 2 rings (SSSR count). The van der Waals surface area contributed by atoms with Crippen LogP contribution in [0.5, 0.6) is 0 Å².